The van der Waals surface area contributed by atoms with Crippen molar-refractivity contribution in [1.29, 1.82) is 0 Å². The molecular weight excluding hydrogens is 276 g/mol. The van der Waals surface area contributed by atoms with Gasteiger partial charge in [0.25, 0.3) is 0 Å². The van der Waals surface area contributed by atoms with Gasteiger partial charge in [-0.05, 0) is 98.8 Å². The van der Waals surface area contributed by atoms with E-state index < -0.39 is 0 Å². The minimum Gasteiger partial charge on any atom is -0.0824 e. The van der Waals surface area contributed by atoms with Gasteiger partial charge in [-0.15, -0.1) is 0 Å². The molecule has 130 valence electrons. The van der Waals surface area contributed by atoms with Crippen LogP contribution < -0.4 is 0 Å². The van der Waals surface area contributed by atoms with Gasteiger partial charge in [-0.1, -0.05) is 46.1 Å². The average molecular weight is 315 g/mol. The van der Waals surface area contributed by atoms with E-state index in [-0.39, 0.29) is 0 Å². The van der Waals surface area contributed by atoms with Gasteiger partial charge in [-0.2, -0.15) is 0 Å². The molecule has 1 rings (SSSR count). The summed E-state index contributed by atoms with van der Waals surface area (Å²) in [6.45, 7) is 20.3. The van der Waals surface area contributed by atoms with E-state index in [1.807, 2.05) is 0 Å². The lowest BCUT2D eigenvalue weighted by Crippen LogP contribution is -2.16. The van der Waals surface area contributed by atoms with Crippen LogP contribution in [-0.4, -0.2) is 0 Å². The molecule has 0 spiro atoms. The zero-order valence-corrected chi connectivity index (χ0v) is 17.0. The molecule has 0 bridgehead atoms. The van der Waals surface area contributed by atoms with E-state index >= 15 is 0 Å². The smallest absolute Gasteiger partial charge is 0.0131 e. The van der Waals surface area contributed by atoms with Crippen molar-refractivity contribution in [1.82, 2.24) is 0 Å². The zero-order chi connectivity index (χ0) is 17.7. The predicted molar refractivity (Wildman–Crippen MR) is 106 cm³/mol. The molecule has 1 fully saturated rings. The molecule has 0 aromatic carbocycles. The summed E-state index contributed by atoms with van der Waals surface area (Å²) in [4.78, 5) is 0. The van der Waals surface area contributed by atoms with Gasteiger partial charge in [0.15, 0.2) is 0 Å². The first-order chi connectivity index (χ1) is 10.6. The van der Waals surface area contributed by atoms with Crippen LogP contribution >= 0.6 is 0 Å². The van der Waals surface area contributed by atoms with Crippen LogP contribution in [0.4, 0.5) is 0 Å². The van der Waals surface area contributed by atoms with Crippen LogP contribution in [0.5, 0.6) is 0 Å². The van der Waals surface area contributed by atoms with Crippen molar-refractivity contribution in [2.45, 2.75) is 75.2 Å². The van der Waals surface area contributed by atoms with Crippen molar-refractivity contribution in [3.05, 3.63) is 46.1 Å². The fourth-order valence-corrected chi connectivity index (χ4v) is 3.95. The second-order valence-corrected chi connectivity index (χ2v) is 8.52. The molecule has 0 saturated heterocycles. The van der Waals surface area contributed by atoms with Crippen molar-refractivity contribution < 1.29 is 0 Å². The lowest BCUT2D eigenvalue weighted by Gasteiger charge is -2.25. The molecule has 0 aromatic heterocycles. The van der Waals surface area contributed by atoms with Gasteiger partial charge in [-0.25, -0.2) is 0 Å². The van der Waals surface area contributed by atoms with Crippen LogP contribution in [0.1, 0.15) is 75.2 Å². The molecule has 0 aromatic rings. The van der Waals surface area contributed by atoms with Gasteiger partial charge in [0, 0.05) is 0 Å². The Kier molecular flexibility index (Phi) is 7.58. The summed E-state index contributed by atoms with van der Waals surface area (Å²) in [5.41, 5.74) is 7.44. The van der Waals surface area contributed by atoms with E-state index in [9.17, 15) is 0 Å². The third kappa shape index (κ3) is 6.16. The largest absolute Gasteiger partial charge is 0.0824 e. The van der Waals surface area contributed by atoms with Crippen molar-refractivity contribution in [3.8, 4) is 0 Å². The first-order valence-corrected chi connectivity index (χ1v) is 9.19. The maximum atomic E-state index is 2.55. The molecule has 0 amide bonds. The first kappa shape index (κ1) is 20.0. The van der Waals surface area contributed by atoms with Crippen LogP contribution in [0.2, 0.25) is 0 Å². The van der Waals surface area contributed by atoms with Gasteiger partial charge in [0.2, 0.25) is 0 Å². The lowest BCUT2D eigenvalue weighted by molar-refractivity contribution is 0.377. The molecule has 0 radical (unpaired) electrons. The number of allylic oxidation sites excluding steroid dienone is 8. The standard InChI is InChI=1S/C23H38/c1-15(2)10-20-14-21(11-16(3)4)23(13-19(9)18(7)8)22(20)12-17(5)6/h10-12,20-23H,13-14H2,1-9H3. The van der Waals surface area contributed by atoms with Crippen LogP contribution in [0.15, 0.2) is 46.1 Å². The minimum absolute atomic E-state index is 0.671. The maximum absolute atomic E-state index is 2.55. The number of hydrogen-bond donors (Lipinski definition) is 0. The number of rotatable bonds is 5. The van der Waals surface area contributed by atoms with Crippen molar-refractivity contribution >= 4 is 0 Å². The van der Waals surface area contributed by atoms with E-state index in [2.05, 4.69) is 80.5 Å². The molecule has 1 aliphatic rings. The Morgan fingerprint density at radius 1 is 0.696 bits per heavy atom. The van der Waals surface area contributed by atoms with Crippen LogP contribution in [0.3, 0.4) is 0 Å². The quantitative estimate of drug-likeness (QED) is 0.461. The molecule has 1 aliphatic carbocycles. The zero-order valence-electron chi connectivity index (χ0n) is 17.0. The SMILES string of the molecule is CC(C)=CC1CC(C=C(C)C)C(CC(C)=C(C)C)C1C=C(C)C. The Balaban J connectivity index is 3.27. The first-order valence-electron chi connectivity index (χ1n) is 9.19. The molecule has 0 heterocycles. The summed E-state index contributed by atoms with van der Waals surface area (Å²) in [7, 11) is 0. The van der Waals surface area contributed by atoms with E-state index in [0.29, 0.717) is 17.8 Å². The lowest BCUT2D eigenvalue weighted by atomic mass is 9.80. The van der Waals surface area contributed by atoms with Gasteiger partial charge < -0.3 is 0 Å². The Bertz CT molecular complexity index is 508. The van der Waals surface area contributed by atoms with E-state index in [0.717, 1.165) is 5.92 Å². The Hall–Kier alpha value is -1.04. The highest BCUT2D eigenvalue weighted by molar-refractivity contribution is 5.19. The van der Waals surface area contributed by atoms with Crippen LogP contribution in [0, 0.1) is 23.7 Å². The second-order valence-electron chi connectivity index (χ2n) is 8.52. The summed E-state index contributed by atoms with van der Waals surface area (Å²) < 4.78 is 0. The summed E-state index contributed by atoms with van der Waals surface area (Å²) in [5.74, 6) is 2.79. The maximum Gasteiger partial charge on any atom is -0.0131 e. The summed E-state index contributed by atoms with van der Waals surface area (Å²) >= 11 is 0. The normalized spacial score (nSPS) is 26.5. The summed E-state index contributed by atoms with van der Waals surface area (Å²) in [6, 6.07) is 0. The molecule has 0 N–H and O–H groups in total. The fourth-order valence-electron chi connectivity index (χ4n) is 3.95. The Labute approximate surface area is 145 Å². The third-order valence-corrected chi connectivity index (χ3v) is 5.10. The minimum atomic E-state index is 0.671. The summed E-state index contributed by atoms with van der Waals surface area (Å²) in [5, 5.41) is 0. The third-order valence-electron chi connectivity index (χ3n) is 5.10. The molecule has 1 saturated carbocycles. The van der Waals surface area contributed by atoms with Crippen molar-refractivity contribution in [2.24, 2.45) is 23.7 Å². The topological polar surface area (TPSA) is 0 Å². The molecule has 4 atom stereocenters. The highest BCUT2D eigenvalue weighted by atomic mass is 14.4. The molecule has 4 unspecified atom stereocenters. The van der Waals surface area contributed by atoms with E-state index in [4.69, 9.17) is 0 Å². The van der Waals surface area contributed by atoms with Crippen LogP contribution in [-0.2, 0) is 0 Å². The molecular formula is C23H38. The monoisotopic (exact) mass is 314 g/mol. The van der Waals surface area contributed by atoms with Gasteiger partial charge in [0.1, 0.15) is 0 Å². The predicted octanol–water partition coefficient (Wildman–Crippen LogP) is 7.50. The average Bonchev–Trinajstić information content (AvgIpc) is 2.65. The van der Waals surface area contributed by atoms with Gasteiger partial charge >= 0.3 is 0 Å². The Morgan fingerprint density at radius 2 is 1.17 bits per heavy atom. The van der Waals surface area contributed by atoms with Crippen molar-refractivity contribution in [2.75, 3.05) is 0 Å². The number of hydrogen-bond acceptors (Lipinski definition) is 0. The molecule has 0 heteroatoms. The molecule has 23 heavy (non-hydrogen) atoms. The second kappa shape index (κ2) is 8.71. The van der Waals surface area contributed by atoms with Crippen LogP contribution in [0.25, 0.3) is 0 Å². The highest BCUT2D eigenvalue weighted by Gasteiger charge is 2.39. The van der Waals surface area contributed by atoms with Gasteiger partial charge in [-0.3, -0.25) is 0 Å². The van der Waals surface area contributed by atoms with Crippen molar-refractivity contribution in [3.63, 3.8) is 0 Å². The fraction of sp³-hybridized carbons (Fsp3) is 0.652. The van der Waals surface area contributed by atoms with E-state index in [1.54, 1.807) is 5.57 Å². The summed E-state index contributed by atoms with van der Waals surface area (Å²) in [6.07, 6.45) is 10.1. The molecule has 0 aliphatic heterocycles. The Morgan fingerprint density at radius 3 is 1.61 bits per heavy atom. The van der Waals surface area contributed by atoms with E-state index in [1.165, 1.54) is 35.1 Å². The van der Waals surface area contributed by atoms with Gasteiger partial charge in [0.05, 0.1) is 0 Å². The molecule has 0 nitrogen and oxygen atoms in total. The highest BCUT2D eigenvalue weighted by Crippen LogP contribution is 2.48.